The van der Waals surface area contributed by atoms with E-state index in [1.807, 2.05) is 0 Å². The fourth-order valence-electron chi connectivity index (χ4n) is 3.23. The number of anilines is 1. The van der Waals surface area contributed by atoms with Crippen LogP contribution >= 0.6 is 0 Å². The molecule has 0 fully saturated rings. The van der Waals surface area contributed by atoms with Crippen LogP contribution in [0.5, 0.6) is 0 Å². The highest BCUT2D eigenvalue weighted by Gasteiger charge is 2.37. The van der Waals surface area contributed by atoms with Crippen molar-refractivity contribution in [2.24, 2.45) is 0 Å². The average Bonchev–Trinajstić information content (AvgIpc) is 3.17. The minimum Gasteiger partial charge on any atom is -0.478 e. The topological polar surface area (TPSA) is 84.7 Å². The van der Waals surface area contributed by atoms with Gasteiger partial charge in [-0.15, -0.1) is 0 Å². The number of ether oxygens (including phenoxy) is 1. The number of aromatic carboxylic acids is 1. The standard InChI is InChI=1S/C19H21F2N3O4/c1-18(2,3)28-17(27)23-9-8-11-13(23)6-5-7-14(11)24-15(19(4,20)21)12(10-22-24)16(25)26/h5-7,10H,8-9H2,1-4H3,(H,25,26). The molecule has 1 aliphatic heterocycles. The number of aromatic nitrogens is 2. The number of alkyl halides is 2. The van der Waals surface area contributed by atoms with Crippen LogP contribution in [0.4, 0.5) is 19.3 Å². The molecule has 0 radical (unpaired) electrons. The maximum Gasteiger partial charge on any atom is 0.414 e. The molecule has 0 bridgehead atoms. The summed E-state index contributed by atoms with van der Waals surface area (Å²) in [5, 5.41) is 13.2. The molecule has 1 N–H and O–H groups in total. The Morgan fingerprint density at radius 1 is 1.18 bits per heavy atom. The molecule has 3 rings (SSSR count). The van der Waals surface area contributed by atoms with Gasteiger partial charge in [0.25, 0.3) is 5.92 Å². The van der Waals surface area contributed by atoms with Crippen molar-refractivity contribution in [2.75, 3.05) is 11.4 Å². The molecular weight excluding hydrogens is 372 g/mol. The number of amides is 1. The Hall–Kier alpha value is -2.97. The largest absolute Gasteiger partial charge is 0.478 e. The zero-order valence-electron chi connectivity index (χ0n) is 16.0. The number of carboxylic acids is 1. The van der Waals surface area contributed by atoms with Gasteiger partial charge in [-0.3, -0.25) is 4.90 Å². The van der Waals surface area contributed by atoms with Gasteiger partial charge in [-0.1, -0.05) is 6.07 Å². The minimum atomic E-state index is -3.42. The van der Waals surface area contributed by atoms with E-state index in [-0.39, 0.29) is 0 Å². The summed E-state index contributed by atoms with van der Waals surface area (Å²) >= 11 is 0. The number of carboxylic acid groups (broad SMARTS) is 1. The summed E-state index contributed by atoms with van der Waals surface area (Å²) in [6, 6.07) is 4.88. The quantitative estimate of drug-likeness (QED) is 0.853. The molecule has 9 heteroatoms. The Morgan fingerprint density at radius 2 is 1.82 bits per heavy atom. The van der Waals surface area contributed by atoms with Crippen LogP contribution in [0, 0.1) is 0 Å². The second kappa shape index (κ2) is 6.57. The Bertz CT molecular complexity index is 942. The number of halogens is 2. The SMILES string of the molecule is CC(C)(C)OC(=O)N1CCc2c1cccc2-n1ncc(C(=O)O)c1C(C)(F)F. The van der Waals surface area contributed by atoms with E-state index in [4.69, 9.17) is 4.74 Å². The molecule has 2 heterocycles. The highest BCUT2D eigenvalue weighted by molar-refractivity contribution is 5.92. The van der Waals surface area contributed by atoms with Crippen LogP contribution in [0.25, 0.3) is 5.69 Å². The van der Waals surface area contributed by atoms with Crippen LogP contribution in [0.2, 0.25) is 0 Å². The number of benzene rings is 1. The third kappa shape index (κ3) is 3.56. The zero-order chi connectivity index (χ0) is 20.9. The van der Waals surface area contributed by atoms with Crippen LogP contribution in [-0.4, -0.2) is 39.1 Å². The molecule has 0 spiro atoms. The molecule has 0 saturated heterocycles. The van der Waals surface area contributed by atoms with E-state index in [1.54, 1.807) is 39.0 Å². The predicted molar refractivity (Wildman–Crippen MR) is 97.4 cm³/mol. The Morgan fingerprint density at radius 3 is 2.39 bits per heavy atom. The molecule has 0 unspecified atom stereocenters. The van der Waals surface area contributed by atoms with E-state index in [9.17, 15) is 23.5 Å². The third-order valence-corrected chi connectivity index (χ3v) is 4.26. The first-order valence-corrected chi connectivity index (χ1v) is 8.72. The number of hydrogen-bond acceptors (Lipinski definition) is 4. The summed E-state index contributed by atoms with van der Waals surface area (Å²) in [7, 11) is 0. The van der Waals surface area contributed by atoms with Gasteiger partial charge < -0.3 is 9.84 Å². The van der Waals surface area contributed by atoms with Gasteiger partial charge in [-0.25, -0.2) is 14.3 Å². The van der Waals surface area contributed by atoms with Gasteiger partial charge >= 0.3 is 12.1 Å². The highest BCUT2D eigenvalue weighted by Crippen LogP contribution is 2.37. The lowest BCUT2D eigenvalue weighted by molar-refractivity contribution is 0.00833. The lowest BCUT2D eigenvalue weighted by Gasteiger charge is -2.25. The van der Waals surface area contributed by atoms with Crippen molar-refractivity contribution in [3.8, 4) is 5.69 Å². The van der Waals surface area contributed by atoms with Crippen LogP contribution in [0.1, 0.15) is 49.3 Å². The predicted octanol–water partition coefficient (Wildman–Crippen LogP) is 3.98. The molecule has 0 aliphatic carbocycles. The van der Waals surface area contributed by atoms with E-state index in [1.165, 1.54) is 4.90 Å². The summed E-state index contributed by atoms with van der Waals surface area (Å²) in [6.07, 6.45) is 0.785. The van der Waals surface area contributed by atoms with Gasteiger partial charge in [0.2, 0.25) is 0 Å². The van der Waals surface area contributed by atoms with E-state index in [2.05, 4.69) is 5.10 Å². The van der Waals surface area contributed by atoms with Crippen molar-refractivity contribution in [2.45, 2.75) is 45.6 Å². The fraction of sp³-hybridized carbons (Fsp3) is 0.421. The number of carbonyl (C=O) groups excluding carboxylic acids is 1. The first-order valence-electron chi connectivity index (χ1n) is 8.72. The van der Waals surface area contributed by atoms with Crippen LogP contribution in [0.15, 0.2) is 24.4 Å². The van der Waals surface area contributed by atoms with E-state index < -0.39 is 34.8 Å². The molecule has 1 amide bonds. The van der Waals surface area contributed by atoms with Gasteiger partial charge in [0, 0.05) is 19.0 Å². The molecule has 28 heavy (non-hydrogen) atoms. The monoisotopic (exact) mass is 393 g/mol. The first kappa shape index (κ1) is 19.8. The summed E-state index contributed by atoms with van der Waals surface area (Å²) in [4.78, 5) is 25.3. The Kier molecular flexibility index (Phi) is 4.64. The molecule has 7 nitrogen and oxygen atoms in total. The minimum absolute atomic E-state index is 0.313. The van der Waals surface area contributed by atoms with Gasteiger partial charge in [0.1, 0.15) is 16.9 Å². The molecular formula is C19H21F2N3O4. The van der Waals surface area contributed by atoms with Crippen LogP contribution < -0.4 is 4.90 Å². The van der Waals surface area contributed by atoms with Crippen LogP contribution in [0.3, 0.4) is 0 Å². The van der Waals surface area contributed by atoms with Crippen molar-refractivity contribution >= 4 is 17.7 Å². The second-order valence-corrected chi connectivity index (χ2v) is 7.67. The van der Waals surface area contributed by atoms with Crippen molar-refractivity contribution < 1.29 is 28.2 Å². The molecule has 2 aromatic rings. The Balaban J connectivity index is 2.09. The van der Waals surface area contributed by atoms with E-state index in [0.717, 1.165) is 10.9 Å². The van der Waals surface area contributed by atoms with E-state index >= 15 is 0 Å². The fourth-order valence-corrected chi connectivity index (χ4v) is 3.23. The maximum absolute atomic E-state index is 14.2. The normalized spacial score (nSPS) is 14.1. The summed E-state index contributed by atoms with van der Waals surface area (Å²) in [6.45, 7) is 6.22. The molecule has 1 aromatic heterocycles. The van der Waals surface area contributed by atoms with Gasteiger partial charge in [-0.05, 0) is 39.3 Å². The zero-order valence-corrected chi connectivity index (χ0v) is 16.0. The highest BCUT2D eigenvalue weighted by atomic mass is 19.3. The molecule has 0 saturated carbocycles. The maximum atomic E-state index is 14.2. The summed E-state index contributed by atoms with van der Waals surface area (Å²) in [5.41, 5.74) is -0.472. The van der Waals surface area contributed by atoms with Crippen LogP contribution in [-0.2, 0) is 17.1 Å². The third-order valence-electron chi connectivity index (χ3n) is 4.26. The number of fused-ring (bicyclic) bond motifs is 1. The first-order chi connectivity index (χ1) is 12.9. The van der Waals surface area contributed by atoms with Crippen molar-refractivity contribution in [1.82, 2.24) is 9.78 Å². The summed E-state index contributed by atoms with van der Waals surface area (Å²) < 4.78 is 34.7. The molecule has 1 aromatic carbocycles. The Labute approximate surface area is 160 Å². The number of nitrogens with zero attached hydrogens (tertiary/aromatic N) is 3. The molecule has 1 aliphatic rings. The average molecular weight is 393 g/mol. The van der Waals surface area contributed by atoms with Gasteiger partial charge in [0.05, 0.1) is 17.6 Å². The van der Waals surface area contributed by atoms with Crippen molar-refractivity contribution in [3.63, 3.8) is 0 Å². The lowest BCUT2D eigenvalue weighted by atomic mass is 10.1. The number of hydrogen-bond donors (Lipinski definition) is 1. The van der Waals surface area contributed by atoms with E-state index in [0.29, 0.717) is 36.8 Å². The van der Waals surface area contributed by atoms with Crippen molar-refractivity contribution in [3.05, 3.63) is 41.2 Å². The van der Waals surface area contributed by atoms with Crippen molar-refractivity contribution in [1.29, 1.82) is 0 Å². The molecule has 0 atom stereocenters. The number of rotatable bonds is 3. The smallest absolute Gasteiger partial charge is 0.414 e. The molecule has 150 valence electrons. The second-order valence-electron chi connectivity index (χ2n) is 7.67. The lowest BCUT2D eigenvalue weighted by Crippen LogP contribution is -2.35. The van der Waals surface area contributed by atoms with Gasteiger partial charge in [-0.2, -0.15) is 13.9 Å². The summed E-state index contributed by atoms with van der Waals surface area (Å²) in [5.74, 6) is -4.90. The number of carbonyl (C=O) groups is 2. The van der Waals surface area contributed by atoms with Gasteiger partial charge in [0.15, 0.2) is 0 Å².